The molecule has 0 fully saturated rings. The molecule has 0 aliphatic carbocycles. The zero-order chi connectivity index (χ0) is 21.2. The number of nitrogens with two attached hydrogens (primary N) is 2. The summed E-state index contributed by atoms with van der Waals surface area (Å²) in [6, 6.07) is 9.39. The minimum absolute atomic E-state index is 0. The molecule has 7 heteroatoms. The molecule has 0 saturated carbocycles. The molecule has 0 spiro atoms. The number of halogens is 2. The molecule has 1 aromatic carbocycles. The van der Waals surface area contributed by atoms with Crippen LogP contribution < -0.4 is 16.2 Å². The Hall–Kier alpha value is -1.01. The van der Waals surface area contributed by atoms with Crippen molar-refractivity contribution in [1.82, 2.24) is 4.90 Å². The summed E-state index contributed by atoms with van der Waals surface area (Å²) in [5, 5.41) is 0. The van der Waals surface area contributed by atoms with Crippen LogP contribution in [0.5, 0.6) is 5.75 Å². The van der Waals surface area contributed by atoms with Crippen molar-refractivity contribution >= 4 is 30.7 Å². The normalized spacial score (nSPS) is 11.2. The Balaban J connectivity index is 0. The Morgan fingerprint density at radius 2 is 1.52 bits per heavy atom. The summed E-state index contributed by atoms with van der Waals surface area (Å²) in [6.45, 7) is 4.99. The van der Waals surface area contributed by atoms with E-state index >= 15 is 0 Å². The molecule has 0 radical (unpaired) electrons. The number of carbonyl (C=O) groups excluding carboxylic acids is 1. The second-order valence-electron chi connectivity index (χ2n) is 7.85. The first kappa shape index (κ1) is 32.2. The summed E-state index contributed by atoms with van der Waals surface area (Å²) in [6.07, 6.45) is 12.0. The van der Waals surface area contributed by atoms with E-state index in [1.165, 1.54) is 38.5 Å². The average Bonchev–Trinajstić information content (AvgIpc) is 2.74. The number of para-hydroxylation sites is 1. The number of unbranched alkanes of at least 4 members (excludes halogenated alkanes) is 7. The van der Waals surface area contributed by atoms with Crippen molar-refractivity contribution in [2.24, 2.45) is 11.5 Å². The number of nitrogens with zero attached hydrogens (tertiary/aromatic N) is 1. The van der Waals surface area contributed by atoms with Gasteiger partial charge in [0, 0.05) is 13.1 Å². The van der Waals surface area contributed by atoms with Crippen molar-refractivity contribution in [3.8, 4) is 5.75 Å². The molecule has 5 nitrogen and oxygen atoms in total. The highest BCUT2D eigenvalue weighted by Crippen LogP contribution is 2.11. The average molecular weight is 479 g/mol. The van der Waals surface area contributed by atoms with E-state index in [1.807, 2.05) is 35.2 Å². The number of rotatable bonds is 18. The van der Waals surface area contributed by atoms with Crippen LogP contribution in [0.25, 0.3) is 0 Å². The lowest BCUT2D eigenvalue weighted by molar-refractivity contribution is -0.133. The van der Waals surface area contributed by atoms with Gasteiger partial charge >= 0.3 is 0 Å². The summed E-state index contributed by atoms with van der Waals surface area (Å²) in [5.74, 6) is 0.948. The van der Waals surface area contributed by atoms with Crippen LogP contribution in [0.3, 0.4) is 0 Å². The molecule has 182 valence electrons. The predicted molar refractivity (Wildman–Crippen MR) is 137 cm³/mol. The number of hydrogen-bond donors (Lipinski definition) is 2. The van der Waals surface area contributed by atoms with Crippen molar-refractivity contribution in [2.75, 3.05) is 26.2 Å². The monoisotopic (exact) mass is 477 g/mol. The third kappa shape index (κ3) is 16.3. The summed E-state index contributed by atoms with van der Waals surface area (Å²) in [4.78, 5) is 14.8. The molecule has 31 heavy (non-hydrogen) atoms. The smallest absolute Gasteiger partial charge is 0.239 e. The SMILES string of the molecule is CCCCCCCCCN(CCCOc1ccccc1)C(=O)[C@@H](N)CCCCN.Cl.Cl. The van der Waals surface area contributed by atoms with Crippen LogP contribution in [0, 0.1) is 0 Å². The summed E-state index contributed by atoms with van der Waals surface area (Å²) >= 11 is 0. The molecule has 0 aromatic heterocycles. The highest BCUT2D eigenvalue weighted by Gasteiger charge is 2.20. The van der Waals surface area contributed by atoms with E-state index in [1.54, 1.807) is 0 Å². The maximum absolute atomic E-state index is 12.8. The van der Waals surface area contributed by atoms with E-state index in [4.69, 9.17) is 16.2 Å². The Morgan fingerprint density at radius 1 is 0.903 bits per heavy atom. The van der Waals surface area contributed by atoms with Crippen LogP contribution in [0.4, 0.5) is 0 Å². The second kappa shape index (κ2) is 22.2. The molecule has 1 amide bonds. The van der Waals surface area contributed by atoms with Crippen LogP contribution in [-0.4, -0.2) is 43.1 Å². The molecule has 0 aliphatic heterocycles. The number of benzene rings is 1. The van der Waals surface area contributed by atoms with Gasteiger partial charge in [0.25, 0.3) is 0 Å². The summed E-state index contributed by atoms with van der Waals surface area (Å²) < 4.78 is 5.77. The fourth-order valence-corrected chi connectivity index (χ4v) is 3.42. The zero-order valence-electron chi connectivity index (χ0n) is 19.3. The first-order valence-electron chi connectivity index (χ1n) is 11.6. The molecule has 0 aliphatic rings. The van der Waals surface area contributed by atoms with Gasteiger partial charge in [-0.05, 0) is 44.4 Å². The Bertz CT molecular complexity index is 521. The van der Waals surface area contributed by atoms with E-state index < -0.39 is 6.04 Å². The number of carbonyl (C=O) groups is 1. The molecule has 1 rings (SSSR count). The predicted octanol–water partition coefficient (Wildman–Crippen LogP) is 5.33. The summed E-state index contributed by atoms with van der Waals surface area (Å²) in [7, 11) is 0. The van der Waals surface area contributed by atoms with Crippen LogP contribution >= 0.6 is 24.8 Å². The van der Waals surface area contributed by atoms with Crippen molar-refractivity contribution in [1.29, 1.82) is 0 Å². The van der Waals surface area contributed by atoms with Crippen molar-refractivity contribution in [3.05, 3.63) is 30.3 Å². The molecule has 1 atom stereocenters. The Morgan fingerprint density at radius 3 is 2.16 bits per heavy atom. The molecule has 0 saturated heterocycles. The molecule has 0 unspecified atom stereocenters. The van der Waals surface area contributed by atoms with Crippen molar-refractivity contribution in [2.45, 2.75) is 83.6 Å². The van der Waals surface area contributed by atoms with Crippen LogP contribution in [0.2, 0.25) is 0 Å². The fraction of sp³-hybridized carbons (Fsp3) is 0.708. The van der Waals surface area contributed by atoms with Gasteiger partial charge < -0.3 is 21.1 Å². The van der Waals surface area contributed by atoms with Gasteiger partial charge in [0.2, 0.25) is 5.91 Å². The van der Waals surface area contributed by atoms with Gasteiger partial charge in [0.1, 0.15) is 5.75 Å². The van der Waals surface area contributed by atoms with E-state index in [2.05, 4.69) is 6.92 Å². The largest absolute Gasteiger partial charge is 0.494 e. The minimum Gasteiger partial charge on any atom is -0.494 e. The summed E-state index contributed by atoms with van der Waals surface area (Å²) in [5.41, 5.74) is 11.7. The van der Waals surface area contributed by atoms with Gasteiger partial charge in [-0.25, -0.2) is 0 Å². The van der Waals surface area contributed by atoms with Crippen molar-refractivity contribution < 1.29 is 9.53 Å². The fourth-order valence-electron chi connectivity index (χ4n) is 3.42. The standard InChI is InChI=1S/C24H43N3O2.2ClH/c1-2-3-4-5-6-7-13-19-27(24(28)23(26)17-11-12-18-25)20-14-21-29-22-15-9-8-10-16-22;;/h8-10,15-16,23H,2-7,11-14,17-21,25-26H2,1H3;2*1H/t23-;;/m0../s1. The highest BCUT2D eigenvalue weighted by molar-refractivity contribution is 5.85. The van der Waals surface area contributed by atoms with Gasteiger partial charge in [0.05, 0.1) is 12.6 Å². The second-order valence-corrected chi connectivity index (χ2v) is 7.85. The number of hydrogen-bond acceptors (Lipinski definition) is 4. The third-order valence-electron chi connectivity index (χ3n) is 5.21. The molecule has 0 heterocycles. The van der Waals surface area contributed by atoms with E-state index in [-0.39, 0.29) is 30.7 Å². The Labute approximate surface area is 202 Å². The molecular weight excluding hydrogens is 433 g/mol. The molecule has 1 aromatic rings. The topological polar surface area (TPSA) is 81.6 Å². The lowest BCUT2D eigenvalue weighted by Crippen LogP contribution is -2.45. The molecule has 0 bridgehead atoms. The van der Waals surface area contributed by atoms with Gasteiger partial charge in [-0.1, -0.05) is 70.1 Å². The van der Waals surface area contributed by atoms with Gasteiger partial charge in [-0.2, -0.15) is 0 Å². The lowest BCUT2D eigenvalue weighted by Gasteiger charge is -2.26. The molecule has 4 N–H and O–H groups in total. The first-order valence-corrected chi connectivity index (χ1v) is 11.6. The Kier molecular flexibility index (Phi) is 23.0. The zero-order valence-corrected chi connectivity index (χ0v) is 20.9. The van der Waals surface area contributed by atoms with Gasteiger partial charge in [-0.3, -0.25) is 4.79 Å². The number of ether oxygens (including phenoxy) is 1. The lowest BCUT2D eigenvalue weighted by atomic mass is 10.1. The van der Waals surface area contributed by atoms with Crippen molar-refractivity contribution in [3.63, 3.8) is 0 Å². The maximum atomic E-state index is 12.8. The molecular formula is C24H45Cl2N3O2. The third-order valence-corrected chi connectivity index (χ3v) is 5.21. The van der Waals surface area contributed by atoms with Crippen LogP contribution in [0.15, 0.2) is 30.3 Å². The first-order chi connectivity index (χ1) is 14.2. The minimum atomic E-state index is -0.416. The highest BCUT2D eigenvalue weighted by atomic mass is 35.5. The van der Waals surface area contributed by atoms with E-state index in [0.29, 0.717) is 26.1 Å². The van der Waals surface area contributed by atoms with E-state index in [9.17, 15) is 4.79 Å². The van der Waals surface area contributed by atoms with Crippen LogP contribution in [-0.2, 0) is 4.79 Å². The maximum Gasteiger partial charge on any atom is 0.239 e. The van der Waals surface area contributed by atoms with Gasteiger partial charge in [-0.15, -0.1) is 24.8 Å². The van der Waals surface area contributed by atoms with Crippen LogP contribution in [0.1, 0.15) is 77.6 Å². The number of amides is 1. The quantitative estimate of drug-likeness (QED) is 0.279. The van der Waals surface area contributed by atoms with E-state index in [0.717, 1.165) is 38.0 Å². The van der Waals surface area contributed by atoms with Gasteiger partial charge in [0.15, 0.2) is 0 Å².